The molecule has 0 spiro atoms. The second-order valence-corrected chi connectivity index (χ2v) is 5.85. The molecule has 0 aliphatic rings. The predicted molar refractivity (Wildman–Crippen MR) is 94.0 cm³/mol. The third-order valence-electron chi connectivity index (χ3n) is 4.01. The van der Waals surface area contributed by atoms with E-state index < -0.39 is 0 Å². The van der Waals surface area contributed by atoms with Gasteiger partial charge in [0.15, 0.2) is 0 Å². The van der Waals surface area contributed by atoms with Gasteiger partial charge >= 0.3 is 0 Å². The molecule has 1 unspecified atom stereocenters. The Hall–Kier alpha value is -1.71. The highest BCUT2D eigenvalue weighted by Crippen LogP contribution is 2.17. The van der Waals surface area contributed by atoms with Gasteiger partial charge in [0.25, 0.3) is 0 Å². The summed E-state index contributed by atoms with van der Waals surface area (Å²) in [6.45, 7) is 5.74. The largest absolute Gasteiger partial charge is 0.497 e. The molecule has 0 aliphatic carbocycles. The summed E-state index contributed by atoms with van der Waals surface area (Å²) in [5.74, 6) is 2.34. The second-order valence-electron chi connectivity index (χ2n) is 5.85. The lowest BCUT2D eigenvalue weighted by molar-refractivity contribution is -0.121. The number of hydrogen-bond donors (Lipinski definition) is 1. The van der Waals surface area contributed by atoms with Crippen molar-refractivity contribution in [2.75, 3.05) is 20.3 Å². The van der Waals surface area contributed by atoms with Crippen LogP contribution in [0.2, 0.25) is 0 Å². The van der Waals surface area contributed by atoms with E-state index in [2.05, 4.69) is 19.2 Å². The summed E-state index contributed by atoms with van der Waals surface area (Å²) in [6, 6.07) is 7.48. The Morgan fingerprint density at radius 2 is 1.83 bits per heavy atom. The molecule has 4 heteroatoms. The van der Waals surface area contributed by atoms with Crippen LogP contribution < -0.4 is 14.8 Å². The Bertz CT molecular complexity index is 431. The lowest BCUT2D eigenvalue weighted by Gasteiger charge is -2.15. The van der Waals surface area contributed by atoms with Crippen LogP contribution in [0.3, 0.4) is 0 Å². The van der Waals surface area contributed by atoms with Gasteiger partial charge in [-0.1, -0.05) is 33.1 Å². The van der Waals surface area contributed by atoms with Crippen LogP contribution in [-0.4, -0.2) is 26.2 Å². The summed E-state index contributed by atoms with van der Waals surface area (Å²) in [5.41, 5.74) is 0. The van der Waals surface area contributed by atoms with E-state index in [4.69, 9.17) is 9.47 Å². The van der Waals surface area contributed by atoms with E-state index >= 15 is 0 Å². The highest BCUT2D eigenvalue weighted by molar-refractivity contribution is 5.75. The molecule has 1 atom stereocenters. The van der Waals surface area contributed by atoms with Gasteiger partial charge in [0.2, 0.25) is 5.91 Å². The monoisotopic (exact) mass is 321 g/mol. The van der Waals surface area contributed by atoms with Crippen molar-refractivity contribution in [3.8, 4) is 11.5 Å². The van der Waals surface area contributed by atoms with Gasteiger partial charge in [-0.05, 0) is 43.0 Å². The minimum Gasteiger partial charge on any atom is -0.497 e. The first-order valence-electron chi connectivity index (χ1n) is 8.73. The van der Waals surface area contributed by atoms with Crippen molar-refractivity contribution >= 4 is 5.91 Å². The van der Waals surface area contributed by atoms with Crippen molar-refractivity contribution in [1.29, 1.82) is 0 Å². The Balaban J connectivity index is 2.13. The summed E-state index contributed by atoms with van der Waals surface area (Å²) < 4.78 is 10.7. The van der Waals surface area contributed by atoms with Gasteiger partial charge < -0.3 is 14.8 Å². The Labute approximate surface area is 140 Å². The normalized spacial score (nSPS) is 11.8. The van der Waals surface area contributed by atoms with Gasteiger partial charge in [-0.25, -0.2) is 0 Å². The SMILES string of the molecule is CCCCC(CC)CNC(=O)CCCOc1ccc(OC)cc1. The van der Waals surface area contributed by atoms with Crippen molar-refractivity contribution in [3.05, 3.63) is 24.3 Å². The molecule has 130 valence electrons. The quantitative estimate of drug-likeness (QED) is 0.587. The smallest absolute Gasteiger partial charge is 0.220 e. The van der Waals surface area contributed by atoms with E-state index in [1.165, 1.54) is 19.3 Å². The van der Waals surface area contributed by atoms with Crippen LogP contribution in [0.4, 0.5) is 0 Å². The third-order valence-corrected chi connectivity index (χ3v) is 4.01. The average molecular weight is 321 g/mol. The molecule has 1 amide bonds. The molecular formula is C19H31NO3. The van der Waals surface area contributed by atoms with Crippen LogP contribution in [0.25, 0.3) is 0 Å². The first kappa shape index (κ1) is 19.3. The summed E-state index contributed by atoms with van der Waals surface area (Å²) in [5, 5.41) is 3.05. The van der Waals surface area contributed by atoms with Crippen molar-refractivity contribution in [1.82, 2.24) is 5.32 Å². The Morgan fingerprint density at radius 3 is 2.43 bits per heavy atom. The Kier molecular flexibility index (Phi) is 9.92. The summed E-state index contributed by atoms with van der Waals surface area (Å²) >= 11 is 0. The van der Waals surface area contributed by atoms with Crippen molar-refractivity contribution in [2.45, 2.75) is 52.4 Å². The first-order valence-corrected chi connectivity index (χ1v) is 8.73. The molecule has 0 heterocycles. The fourth-order valence-corrected chi connectivity index (χ4v) is 2.38. The van der Waals surface area contributed by atoms with Crippen LogP contribution in [0.15, 0.2) is 24.3 Å². The molecule has 1 N–H and O–H groups in total. The maximum atomic E-state index is 11.8. The number of methoxy groups -OCH3 is 1. The average Bonchev–Trinajstić information content (AvgIpc) is 2.59. The molecule has 0 saturated carbocycles. The fraction of sp³-hybridized carbons (Fsp3) is 0.632. The van der Waals surface area contributed by atoms with Gasteiger partial charge in [-0.3, -0.25) is 4.79 Å². The molecule has 1 aromatic carbocycles. The van der Waals surface area contributed by atoms with Crippen molar-refractivity contribution in [3.63, 3.8) is 0 Å². The molecule has 0 fully saturated rings. The van der Waals surface area contributed by atoms with Crippen LogP contribution >= 0.6 is 0 Å². The molecule has 1 rings (SSSR count). The predicted octanol–water partition coefficient (Wildman–Crippen LogP) is 4.19. The molecule has 0 radical (unpaired) electrons. The molecule has 0 aliphatic heterocycles. The molecule has 0 saturated heterocycles. The van der Waals surface area contributed by atoms with Crippen molar-refractivity contribution in [2.24, 2.45) is 5.92 Å². The standard InChI is InChI=1S/C19H31NO3/c1-4-6-8-16(5-2)15-20-19(21)9-7-14-23-18-12-10-17(22-3)11-13-18/h10-13,16H,4-9,14-15H2,1-3H3,(H,20,21). The van der Waals surface area contributed by atoms with Crippen LogP contribution in [0.1, 0.15) is 52.4 Å². The maximum Gasteiger partial charge on any atom is 0.220 e. The number of carbonyl (C=O) groups excluding carboxylic acids is 1. The van der Waals surface area contributed by atoms with E-state index in [-0.39, 0.29) is 5.91 Å². The zero-order chi connectivity index (χ0) is 16.9. The number of carbonyl (C=O) groups is 1. The number of hydrogen-bond acceptors (Lipinski definition) is 3. The summed E-state index contributed by atoms with van der Waals surface area (Å²) in [7, 11) is 1.64. The molecule has 1 aromatic rings. The maximum absolute atomic E-state index is 11.8. The lowest BCUT2D eigenvalue weighted by atomic mass is 9.99. The summed E-state index contributed by atoms with van der Waals surface area (Å²) in [4.78, 5) is 11.8. The number of unbranched alkanes of at least 4 members (excludes halogenated alkanes) is 1. The van der Waals surface area contributed by atoms with Gasteiger partial charge in [0.05, 0.1) is 13.7 Å². The minimum absolute atomic E-state index is 0.123. The first-order chi connectivity index (χ1) is 11.2. The van der Waals surface area contributed by atoms with E-state index in [0.29, 0.717) is 18.9 Å². The Morgan fingerprint density at radius 1 is 1.13 bits per heavy atom. The van der Waals surface area contributed by atoms with Crippen LogP contribution in [-0.2, 0) is 4.79 Å². The fourth-order valence-electron chi connectivity index (χ4n) is 2.38. The third kappa shape index (κ3) is 8.48. The number of rotatable bonds is 12. The number of ether oxygens (including phenoxy) is 2. The topological polar surface area (TPSA) is 47.6 Å². The van der Waals surface area contributed by atoms with E-state index in [0.717, 1.165) is 30.9 Å². The lowest BCUT2D eigenvalue weighted by Crippen LogP contribution is -2.29. The summed E-state index contributed by atoms with van der Waals surface area (Å²) in [6.07, 6.45) is 6.02. The number of benzene rings is 1. The van der Waals surface area contributed by atoms with Crippen molar-refractivity contribution < 1.29 is 14.3 Å². The highest BCUT2D eigenvalue weighted by atomic mass is 16.5. The van der Waals surface area contributed by atoms with E-state index in [1.54, 1.807) is 7.11 Å². The van der Waals surface area contributed by atoms with Gasteiger partial charge in [-0.2, -0.15) is 0 Å². The van der Waals surface area contributed by atoms with E-state index in [1.807, 2.05) is 24.3 Å². The molecule has 0 bridgehead atoms. The van der Waals surface area contributed by atoms with Gasteiger partial charge in [-0.15, -0.1) is 0 Å². The number of nitrogens with one attached hydrogen (secondary N) is 1. The highest BCUT2D eigenvalue weighted by Gasteiger charge is 2.08. The minimum atomic E-state index is 0.123. The van der Waals surface area contributed by atoms with Gasteiger partial charge in [0.1, 0.15) is 11.5 Å². The zero-order valence-corrected chi connectivity index (χ0v) is 14.8. The molecule has 0 aromatic heterocycles. The van der Waals surface area contributed by atoms with Crippen LogP contribution in [0, 0.1) is 5.92 Å². The van der Waals surface area contributed by atoms with Gasteiger partial charge in [0, 0.05) is 13.0 Å². The molecular weight excluding hydrogens is 290 g/mol. The van der Waals surface area contributed by atoms with Crippen LogP contribution in [0.5, 0.6) is 11.5 Å². The van der Waals surface area contributed by atoms with E-state index in [9.17, 15) is 4.79 Å². The second kappa shape index (κ2) is 11.8. The molecule has 23 heavy (non-hydrogen) atoms. The molecule has 4 nitrogen and oxygen atoms in total. The number of amides is 1. The zero-order valence-electron chi connectivity index (χ0n) is 14.8.